The maximum Gasteiger partial charge on any atom is 0.259 e. The SMILES string of the molecule is CCCCCOc1ccccc1C(=O)Nc1ccc2scc(C3CCC4CCCCN4CC3)c2c1. The fourth-order valence-corrected chi connectivity index (χ4v) is 6.83. The van der Waals surface area contributed by atoms with Crippen LogP contribution < -0.4 is 10.1 Å². The van der Waals surface area contributed by atoms with Crippen LogP contribution in [0.25, 0.3) is 10.1 Å². The van der Waals surface area contributed by atoms with Crippen LogP contribution in [0.1, 0.15) is 86.6 Å². The first-order chi connectivity index (χ1) is 17.2. The van der Waals surface area contributed by atoms with Crippen LogP contribution in [0.3, 0.4) is 0 Å². The van der Waals surface area contributed by atoms with Crippen LogP contribution in [-0.4, -0.2) is 36.5 Å². The molecule has 2 aliphatic rings. The second-order valence-electron chi connectivity index (χ2n) is 10.2. The number of hydrogen-bond acceptors (Lipinski definition) is 4. The number of para-hydroxylation sites is 1. The van der Waals surface area contributed by atoms with Gasteiger partial charge in [0.1, 0.15) is 5.75 Å². The van der Waals surface area contributed by atoms with Gasteiger partial charge in [0.25, 0.3) is 5.91 Å². The zero-order valence-corrected chi connectivity index (χ0v) is 21.7. The van der Waals surface area contributed by atoms with Crippen molar-refractivity contribution >= 4 is 33.0 Å². The van der Waals surface area contributed by atoms with E-state index in [0.29, 0.717) is 23.8 Å². The fourth-order valence-electron chi connectivity index (χ4n) is 5.81. The van der Waals surface area contributed by atoms with E-state index in [-0.39, 0.29) is 5.91 Å². The number of thiophene rings is 1. The first kappa shape index (κ1) is 24.3. The lowest BCUT2D eigenvalue weighted by Crippen LogP contribution is -2.38. The first-order valence-electron chi connectivity index (χ1n) is 13.5. The molecule has 2 fully saturated rings. The molecule has 186 valence electrons. The lowest BCUT2D eigenvalue weighted by molar-refractivity contribution is 0.102. The molecule has 1 amide bonds. The molecule has 1 aromatic heterocycles. The fraction of sp³-hybridized carbons (Fsp3) is 0.500. The van der Waals surface area contributed by atoms with Gasteiger partial charge in [-0.3, -0.25) is 4.79 Å². The monoisotopic (exact) mass is 490 g/mol. The number of anilines is 1. The maximum absolute atomic E-state index is 13.2. The quantitative estimate of drug-likeness (QED) is 0.327. The number of benzene rings is 2. The zero-order valence-electron chi connectivity index (χ0n) is 20.9. The molecule has 2 saturated heterocycles. The minimum absolute atomic E-state index is 0.112. The van der Waals surface area contributed by atoms with Gasteiger partial charge in [0.05, 0.1) is 12.2 Å². The van der Waals surface area contributed by atoms with Crippen molar-refractivity contribution in [1.29, 1.82) is 0 Å². The molecule has 0 bridgehead atoms. The average Bonchev–Trinajstić information content (AvgIpc) is 3.18. The molecular weight excluding hydrogens is 452 g/mol. The van der Waals surface area contributed by atoms with E-state index in [0.717, 1.165) is 31.0 Å². The summed E-state index contributed by atoms with van der Waals surface area (Å²) in [4.78, 5) is 15.9. The Hall–Kier alpha value is -2.37. The van der Waals surface area contributed by atoms with E-state index in [1.165, 1.54) is 67.3 Å². The normalized spacial score (nSPS) is 20.8. The van der Waals surface area contributed by atoms with Gasteiger partial charge < -0.3 is 15.0 Å². The van der Waals surface area contributed by atoms with Gasteiger partial charge in [-0.1, -0.05) is 38.3 Å². The summed E-state index contributed by atoms with van der Waals surface area (Å²) in [5.74, 6) is 1.16. The van der Waals surface area contributed by atoms with E-state index in [1.807, 2.05) is 41.7 Å². The number of nitrogens with zero attached hydrogens (tertiary/aromatic N) is 1. The Morgan fingerprint density at radius 1 is 1.06 bits per heavy atom. The number of carbonyl (C=O) groups is 1. The summed E-state index contributed by atoms with van der Waals surface area (Å²) in [5, 5.41) is 6.82. The Bertz CT molecular complexity index is 1120. The molecule has 2 unspecified atom stereocenters. The van der Waals surface area contributed by atoms with Gasteiger partial charge >= 0.3 is 0 Å². The number of amides is 1. The summed E-state index contributed by atoms with van der Waals surface area (Å²) >= 11 is 1.83. The number of carbonyl (C=O) groups excluding carboxylic acids is 1. The number of nitrogens with one attached hydrogen (secondary N) is 1. The first-order valence-corrected chi connectivity index (χ1v) is 14.4. The molecule has 3 heterocycles. The molecule has 5 heteroatoms. The van der Waals surface area contributed by atoms with Crippen LogP contribution in [0, 0.1) is 0 Å². The maximum atomic E-state index is 13.2. The van der Waals surface area contributed by atoms with Gasteiger partial charge in [-0.25, -0.2) is 0 Å². The highest BCUT2D eigenvalue weighted by atomic mass is 32.1. The standard InChI is InChI=1S/C30H38N2O2S/c1-2-3-8-19-34-28-11-5-4-10-25(28)30(33)31-23-13-15-29-26(20-23)27(21-35-29)22-12-14-24-9-6-7-17-32(24)18-16-22/h4-5,10-11,13,15,20-22,24H,2-3,6-9,12,14,16-19H2,1H3,(H,31,33). The van der Waals surface area contributed by atoms with Crippen molar-refractivity contribution in [3.63, 3.8) is 0 Å². The molecule has 2 atom stereocenters. The van der Waals surface area contributed by atoms with Crippen LogP contribution in [-0.2, 0) is 0 Å². The second-order valence-corrected chi connectivity index (χ2v) is 11.1. The Labute approximate surface area is 213 Å². The number of piperidine rings is 1. The Kier molecular flexibility index (Phi) is 8.05. The van der Waals surface area contributed by atoms with E-state index in [2.05, 4.69) is 34.7 Å². The predicted molar refractivity (Wildman–Crippen MR) is 147 cm³/mol. The number of unbranched alkanes of at least 4 members (excludes halogenated alkanes) is 2. The van der Waals surface area contributed by atoms with Gasteiger partial charge in [-0.2, -0.15) is 0 Å². The average molecular weight is 491 g/mol. The van der Waals surface area contributed by atoms with Crippen LogP contribution in [0.5, 0.6) is 5.75 Å². The molecular formula is C30H38N2O2S. The van der Waals surface area contributed by atoms with Crippen LogP contribution in [0.15, 0.2) is 47.8 Å². The minimum atomic E-state index is -0.112. The Balaban J connectivity index is 1.31. The van der Waals surface area contributed by atoms with Crippen molar-refractivity contribution in [3.8, 4) is 5.75 Å². The third-order valence-electron chi connectivity index (χ3n) is 7.80. The third-order valence-corrected chi connectivity index (χ3v) is 8.78. The molecule has 35 heavy (non-hydrogen) atoms. The minimum Gasteiger partial charge on any atom is -0.493 e. The highest BCUT2D eigenvalue weighted by Crippen LogP contribution is 2.40. The van der Waals surface area contributed by atoms with Gasteiger partial charge in [0.15, 0.2) is 0 Å². The summed E-state index contributed by atoms with van der Waals surface area (Å²) in [5.41, 5.74) is 2.92. The number of ether oxygens (including phenoxy) is 1. The largest absolute Gasteiger partial charge is 0.493 e. The van der Waals surface area contributed by atoms with Gasteiger partial charge in [-0.15, -0.1) is 11.3 Å². The van der Waals surface area contributed by atoms with Crippen LogP contribution in [0.4, 0.5) is 5.69 Å². The summed E-state index contributed by atoms with van der Waals surface area (Å²) in [6.45, 7) is 5.32. The summed E-state index contributed by atoms with van der Waals surface area (Å²) in [6.07, 6.45) is 11.2. The smallest absolute Gasteiger partial charge is 0.259 e. The van der Waals surface area contributed by atoms with Gasteiger partial charge in [-0.05, 0) is 104 Å². The molecule has 0 radical (unpaired) electrons. The van der Waals surface area contributed by atoms with Gasteiger partial charge in [0.2, 0.25) is 0 Å². The lowest BCUT2D eigenvalue weighted by Gasteiger charge is -2.33. The highest BCUT2D eigenvalue weighted by Gasteiger charge is 2.28. The second kappa shape index (κ2) is 11.6. The highest BCUT2D eigenvalue weighted by molar-refractivity contribution is 7.17. The van der Waals surface area contributed by atoms with Crippen molar-refractivity contribution in [2.24, 2.45) is 0 Å². The lowest BCUT2D eigenvalue weighted by atomic mass is 9.90. The molecule has 4 nitrogen and oxygen atoms in total. The molecule has 3 aromatic rings. The van der Waals surface area contributed by atoms with E-state index in [9.17, 15) is 4.79 Å². The number of rotatable bonds is 8. The summed E-state index contributed by atoms with van der Waals surface area (Å²) in [6, 6.07) is 14.7. The van der Waals surface area contributed by atoms with E-state index < -0.39 is 0 Å². The Morgan fingerprint density at radius 3 is 2.89 bits per heavy atom. The molecule has 1 N–H and O–H groups in total. The molecule has 5 rings (SSSR count). The van der Waals surface area contributed by atoms with E-state index in [4.69, 9.17) is 4.74 Å². The molecule has 0 saturated carbocycles. The van der Waals surface area contributed by atoms with Crippen molar-refractivity contribution in [1.82, 2.24) is 4.90 Å². The van der Waals surface area contributed by atoms with Crippen molar-refractivity contribution < 1.29 is 9.53 Å². The molecule has 0 spiro atoms. The summed E-state index contributed by atoms with van der Waals surface area (Å²) in [7, 11) is 0. The van der Waals surface area contributed by atoms with Crippen molar-refractivity contribution in [2.75, 3.05) is 25.0 Å². The van der Waals surface area contributed by atoms with Crippen molar-refractivity contribution in [3.05, 3.63) is 59.0 Å². The number of fused-ring (bicyclic) bond motifs is 2. The van der Waals surface area contributed by atoms with Gasteiger partial charge in [0, 0.05) is 16.4 Å². The topological polar surface area (TPSA) is 41.6 Å². The predicted octanol–water partition coefficient (Wildman–Crippen LogP) is 7.84. The van der Waals surface area contributed by atoms with E-state index >= 15 is 0 Å². The zero-order chi connectivity index (χ0) is 24.0. The van der Waals surface area contributed by atoms with Crippen LogP contribution in [0.2, 0.25) is 0 Å². The molecule has 2 aliphatic heterocycles. The Morgan fingerprint density at radius 2 is 1.97 bits per heavy atom. The summed E-state index contributed by atoms with van der Waals surface area (Å²) < 4.78 is 7.25. The van der Waals surface area contributed by atoms with Crippen LogP contribution >= 0.6 is 11.3 Å². The van der Waals surface area contributed by atoms with Crippen molar-refractivity contribution in [2.45, 2.75) is 76.7 Å². The molecule has 2 aromatic carbocycles. The third kappa shape index (κ3) is 5.73. The molecule has 0 aliphatic carbocycles. The van der Waals surface area contributed by atoms with E-state index in [1.54, 1.807) is 0 Å². The number of hydrogen-bond donors (Lipinski definition) is 1.